The van der Waals surface area contributed by atoms with Crippen molar-refractivity contribution in [1.29, 1.82) is 0 Å². The number of aldehydes is 1. The summed E-state index contributed by atoms with van der Waals surface area (Å²) in [5.74, 6) is 0. The Morgan fingerprint density at radius 2 is 1.53 bits per heavy atom. The summed E-state index contributed by atoms with van der Waals surface area (Å²) in [4.78, 5) is 38.4. The van der Waals surface area contributed by atoms with Crippen molar-refractivity contribution in [2.24, 2.45) is 15.4 Å². The van der Waals surface area contributed by atoms with Crippen LogP contribution in [0.4, 0.5) is 0 Å². The molecule has 0 saturated heterocycles. The van der Waals surface area contributed by atoms with Gasteiger partial charge in [-0.3, -0.25) is 0 Å². The molecule has 0 amide bonds. The van der Waals surface area contributed by atoms with Crippen LogP contribution in [0.25, 0.3) is 0 Å². The second-order valence-electron chi connectivity index (χ2n) is 4.16. The summed E-state index contributed by atoms with van der Waals surface area (Å²) in [6.45, 7) is 1.85. The predicted octanol–water partition coefficient (Wildman–Crippen LogP) is 1.13. The smallest absolute Gasteiger partial charge is 0.237 e. The topological polar surface area (TPSA) is 75.9 Å². The van der Waals surface area contributed by atoms with Gasteiger partial charge in [0.1, 0.15) is 6.29 Å². The molecule has 80 valence electrons. The summed E-state index contributed by atoms with van der Waals surface area (Å²) in [6, 6.07) is 0. The van der Waals surface area contributed by atoms with Crippen LogP contribution >= 0.6 is 0 Å². The van der Waals surface area contributed by atoms with E-state index < -0.39 is 5.66 Å². The Hall–Kier alpha value is -1.57. The van der Waals surface area contributed by atoms with Crippen LogP contribution in [-0.4, -0.2) is 24.1 Å². The average Bonchev–Trinajstić information content (AvgIpc) is 2.24. The van der Waals surface area contributed by atoms with Gasteiger partial charge < -0.3 is 4.79 Å². The van der Waals surface area contributed by atoms with Crippen LogP contribution < -0.4 is 0 Å². The Balaban J connectivity index is 2.87. The molecule has 0 aromatic rings. The quantitative estimate of drug-likeness (QED) is 0.396. The number of rotatable bonds is 3. The standard InChI is InChI=1S/C10H12N2O3/c1-9(6-13)2-4-10(5-3-9,11-7-14)12-8-15/h6H,2-5H2,1H3. The van der Waals surface area contributed by atoms with Gasteiger partial charge in [0.15, 0.2) is 5.66 Å². The number of nitrogens with zero attached hydrogens (tertiary/aromatic N) is 2. The molecular formula is C10H12N2O3. The van der Waals surface area contributed by atoms with E-state index in [2.05, 4.69) is 9.98 Å². The third-order valence-corrected chi connectivity index (χ3v) is 2.99. The van der Waals surface area contributed by atoms with Crippen LogP contribution in [0, 0.1) is 5.41 Å². The molecule has 1 rings (SSSR count). The fourth-order valence-electron chi connectivity index (χ4n) is 1.76. The summed E-state index contributed by atoms with van der Waals surface area (Å²) >= 11 is 0. The molecule has 5 nitrogen and oxygen atoms in total. The van der Waals surface area contributed by atoms with E-state index in [0.717, 1.165) is 6.29 Å². The number of carbonyl (C=O) groups is 1. The molecule has 0 aromatic heterocycles. The highest BCUT2D eigenvalue weighted by atomic mass is 16.1. The normalized spacial score (nSPS) is 34.7. The fraction of sp³-hybridized carbons (Fsp3) is 0.700. The van der Waals surface area contributed by atoms with Crippen LogP contribution in [0.5, 0.6) is 0 Å². The Kier molecular flexibility index (Phi) is 3.30. The first-order chi connectivity index (χ1) is 7.10. The summed E-state index contributed by atoms with van der Waals surface area (Å²) in [6.07, 6.45) is 5.70. The van der Waals surface area contributed by atoms with Gasteiger partial charge >= 0.3 is 0 Å². The molecule has 1 aliphatic carbocycles. The van der Waals surface area contributed by atoms with Crippen LogP contribution in [0.15, 0.2) is 9.98 Å². The highest BCUT2D eigenvalue weighted by Crippen LogP contribution is 2.41. The summed E-state index contributed by atoms with van der Waals surface area (Å²) in [7, 11) is 0. The van der Waals surface area contributed by atoms with Crippen molar-refractivity contribution in [2.75, 3.05) is 0 Å². The lowest BCUT2D eigenvalue weighted by Crippen LogP contribution is -2.35. The molecule has 0 aromatic carbocycles. The van der Waals surface area contributed by atoms with Crippen molar-refractivity contribution in [2.45, 2.75) is 38.3 Å². The predicted molar refractivity (Wildman–Crippen MR) is 51.6 cm³/mol. The maximum absolute atomic E-state index is 10.8. The molecule has 0 radical (unpaired) electrons. The van der Waals surface area contributed by atoms with Gasteiger partial charge in [0.2, 0.25) is 12.2 Å². The first kappa shape index (κ1) is 11.5. The number of isocyanates is 2. The Bertz CT molecular complexity index is 324. The van der Waals surface area contributed by atoms with Gasteiger partial charge in [-0.25, -0.2) is 9.59 Å². The lowest BCUT2D eigenvalue weighted by molar-refractivity contribution is -0.117. The van der Waals surface area contributed by atoms with Crippen molar-refractivity contribution < 1.29 is 14.4 Å². The minimum Gasteiger partial charge on any atom is -0.303 e. The van der Waals surface area contributed by atoms with E-state index in [4.69, 9.17) is 0 Å². The van der Waals surface area contributed by atoms with Crippen molar-refractivity contribution in [3.63, 3.8) is 0 Å². The van der Waals surface area contributed by atoms with Crippen LogP contribution in [0.2, 0.25) is 0 Å². The van der Waals surface area contributed by atoms with E-state index in [1.807, 2.05) is 6.92 Å². The maximum Gasteiger partial charge on any atom is 0.237 e. The molecule has 5 heteroatoms. The maximum atomic E-state index is 10.8. The molecule has 0 unspecified atom stereocenters. The molecule has 1 saturated carbocycles. The number of hydrogen-bond donors (Lipinski definition) is 0. The van der Waals surface area contributed by atoms with Crippen molar-refractivity contribution in [3.8, 4) is 0 Å². The van der Waals surface area contributed by atoms with Crippen LogP contribution in [-0.2, 0) is 14.4 Å². The zero-order chi connectivity index (χ0) is 11.4. The molecule has 15 heavy (non-hydrogen) atoms. The van der Waals surface area contributed by atoms with Gasteiger partial charge in [-0.2, -0.15) is 9.98 Å². The Labute approximate surface area is 87.3 Å². The highest BCUT2D eigenvalue weighted by Gasteiger charge is 2.40. The zero-order valence-corrected chi connectivity index (χ0v) is 8.52. The van der Waals surface area contributed by atoms with Gasteiger partial charge in [-0.05, 0) is 25.7 Å². The SMILES string of the molecule is CC1(C=O)CCC(N=C=O)(N=C=O)CC1. The Morgan fingerprint density at radius 3 is 1.87 bits per heavy atom. The van der Waals surface area contributed by atoms with Gasteiger partial charge in [-0.15, -0.1) is 0 Å². The van der Waals surface area contributed by atoms with Crippen molar-refractivity contribution in [3.05, 3.63) is 0 Å². The minimum absolute atomic E-state index is 0.389. The Morgan fingerprint density at radius 1 is 1.07 bits per heavy atom. The molecule has 0 atom stereocenters. The summed E-state index contributed by atoms with van der Waals surface area (Å²) in [5.41, 5.74) is -1.41. The average molecular weight is 208 g/mol. The number of hydrogen-bond acceptors (Lipinski definition) is 5. The van der Waals surface area contributed by atoms with Crippen molar-refractivity contribution >= 4 is 18.4 Å². The first-order valence-electron chi connectivity index (χ1n) is 4.74. The van der Waals surface area contributed by atoms with E-state index in [1.165, 1.54) is 12.2 Å². The van der Waals surface area contributed by atoms with Gasteiger partial charge in [0.05, 0.1) is 0 Å². The molecule has 0 spiro atoms. The molecule has 1 aliphatic rings. The van der Waals surface area contributed by atoms with E-state index in [1.54, 1.807) is 0 Å². The molecule has 0 bridgehead atoms. The van der Waals surface area contributed by atoms with Gasteiger partial charge in [0, 0.05) is 5.41 Å². The lowest BCUT2D eigenvalue weighted by atomic mass is 9.73. The number of aliphatic imine (C=N–C) groups is 2. The van der Waals surface area contributed by atoms with Gasteiger partial charge in [0.25, 0.3) is 0 Å². The molecule has 0 heterocycles. The third-order valence-electron chi connectivity index (χ3n) is 2.99. The monoisotopic (exact) mass is 208 g/mol. The van der Waals surface area contributed by atoms with Crippen molar-refractivity contribution in [1.82, 2.24) is 0 Å². The van der Waals surface area contributed by atoms with E-state index >= 15 is 0 Å². The molecule has 1 fully saturated rings. The van der Waals surface area contributed by atoms with Gasteiger partial charge in [-0.1, -0.05) is 6.92 Å². The summed E-state index contributed by atoms with van der Waals surface area (Å²) < 4.78 is 0. The largest absolute Gasteiger partial charge is 0.303 e. The first-order valence-corrected chi connectivity index (χ1v) is 4.74. The second kappa shape index (κ2) is 4.30. The van der Waals surface area contributed by atoms with E-state index in [9.17, 15) is 14.4 Å². The second-order valence-corrected chi connectivity index (χ2v) is 4.16. The number of carbonyl (C=O) groups excluding carboxylic acids is 3. The van der Waals surface area contributed by atoms with Crippen LogP contribution in [0.3, 0.4) is 0 Å². The van der Waals surface area contributed by atoms with Crippen LogP contribution in [0.1, 0.15) is 32.6 Å². The fourth-order valence-corrected chi connectivity index (χ4v) is 1.76. The highest BCUT2D eigenvalue weighted by molar-refractivity contribution is 5.59. The molecular weight excluding hydrogens is 196 g/mol. The minimum atomic E-state index is -1.02. The third kappa shape index (κ3) is 2.46. The van der Waals surface area contributed by atoms with E-state index in [-0.39, 0.29) is 5.41 Å². The molecule has 0 N–H and O–H groups in total. The summed E-state index contributed by atoms with van der Waals surface area (Å²) in [5, 5.41) is 0. The lowest BCUT2D eigenvalue weighted by Gasteiger charge is -2.35. The van der Waals surface area contributed by atoms with E-state index in [0.29, 0.717) is 25.7 Å². The molecule has 0 aliphatic heterocycles. The zero-order valence-electron chi connectivity index (χ0n) is 8.52.